The average molecular weight is 285 g/mol. The molecule has 6 nitrogen and oxygen atoms in total. The molecule has 100 valence electrons. The standard InChI is InChI=1S/C13H11N5OS/c1-9-4-11(20-7-9)12(19)17-10-5-15-13(16-6-10)18-3-2-14-8-18/h2-8H,1H3,(H,17,19). The molecule has 1 amide bonds. The Bertz CT molecular complexity index is 718. The van der Waals surface area contributed by atoms with E-state index in [1.807, 2.05) is 18.4 Å². The maximum atomic E-state index is 12.0. The smallest absolute Gasteiger partial charge is 0.265 e. The quantitative estimate of drug-likeness (QED) is 0.801. The van der Waals surface area contributed by atoms with Crippen LogP contribution in [-0.2, 0) is 0 Å². The Kier molecular flexibility index (Phi) is 3.26. The maximum Gasteiger partial charge on any atom is 0.265 e. The van der Waals surface area contributed by atoms with Crippen LogP contribution in [0.3, 0.4) is 0 Å². The summed E-state index contributed by atoms with van der Waals surface area (Å²) in [7, 11) is 0. The fourth-order valence-corrected chi connectivity index (χ4v) is 2.43. The van der Waals surface area contributed by atoms with E-state index in [9.17, 15) is 4.79 Å². The van der Waals surface area contributed by atoms with Gasteiger partial charge in [-0.1, -0.05) is 0 Å². The number of hydrogen-bond acceptors (Lipinski definition) is 5. The van der Waals surface area contributed by atoms with Gasteiger partial charge in [0.2, 0.25) is 5.95 Å². The Balaban J connectivity index is 1.74. The summed E-state index contributed by atoms with van der Waals surface area (Å²) in [4.78, 5) is 24.9. The number of amides is 1. The Morgan fingerprint density at radius 2 is 2.15 bits per heavy atom. The molecule has 0 spiro atoms. The molecule has 3 aromatic rings. The molecule has 0 atom stereocenters. The average Bonchev–Trinajstić information content (AvgIpc) is 3.10. The molecule has 0 bridgehead atoms. The molecule has 0 aliphatic heterocycles. The van der Waals surface area contributed by atoms with Crippen LogP contribution in [-0.4, -0.2) is 25.4 Å². The number of nitrogens with zero attached hydrogens (tertiary/aromatic N) is 4. The topological polar surface area (TPSA) is 72.7 Å². The van der Waals surface area contributed by atoms with Crippen LogP contribution in [0.4, 0.5) is 5.69 Å². The van der Waals surface area contributed by atoms with Crippen LogP contribution >= 0.6 is 11.3 Å². The molecule has 3 heterocycles. The van der Waals surface area contributed by atoms with Crippen molar-refractivity contribution in [3.63, 3.8) is 0 Å². The summed E-state index contributed by atoms with van der Waals surface area (Å²) in [6.45, 7) is 1.95. The van der Waals surface area contributed by atoms with Crippen molar-refractivity contribution >= 4 is 22.9 Å². The molecule has 0 unspecified atom stereocenters. The zero-order chi connectivity index (χ0) is 13.9. The third kappa shape index (κ3) is 2.57. The van der Waals surface area contributed by atoms with E-state index in [1.165, 1.54) is 11.3 Å². The number of nitrogens with one attached hydrogen (secondary N) is 1. The fourth-order valence-electron chi connectivity index (χ4n) is 1.64. The molecule has 0 radical (unpaired) electrons. The van der Waals surface area contributed by atoms with Crippen molar-refractivity contribution in [1.29, 1.82) is 0 Å². The van der Waals surface area contributed by atoms with Crippen LogP contribution in [0.5, 0.6) is 0 Å². The number of aromatic nitrogens is 4. The Morgan fingerprint density at radius 1 is 1.35 bits per heavy atom. The van der Waals surface area contributed by atoms with E-state index >= 15 is 0 Å². The first-order valence-electron chi connectivity index (χ1n) is 5.89. The third-order valence-electron chi connectivity index (χ3n) is 2.59. The summed E-state index contributed by atoms with van der Waals surface area (Å²) in [5, 5.41) is 4.70. The van der Waals surface area contributed by atoms with Gasteiger partial charge in [0, 0.05) is 12.4 Å². The van der Waals surface area contributed by atoms with Gasteiger partial charge >= 0.3 is 0 Å². The van der Waals surface area contributed by atoms with Gasteiger partial charge in [0.15, 0.2) is 0 Å². The summed E-state index contributed by atoms with van der Waals surface area (Å²) in [6, 6.07) is 1.85. The normalized spacial score (nSPS) is 10.4. The van der Waals surface area contributed by atoms with Gasteiger partial charge < -0.3 is 5.32 Å². The minimum Gasteiger partial charge on any atom is -0.319 e. The second-order valence-electron chi connectivity index (χ2n) is 4.18. The number of carbonyl (C=O) groups is 1. The number of rotatable bonds is 3. The van der Waals surface area contributed by atoms with Crippen molar-refractivity contribution in [1.82, 2.24) is 19.5 Å². The summed E-state index contributed by atoms with van der Waals surface area (Å²) >= 11 is 1.41. The van der Waals surface area contributed by atoms with Crippen molar-refractivity contribution in [2.24, 2.45) is 0 Å². The maximum absolute atomic E-state index is 12.0. The minimum absolute atomic E-state index is 0.151. The van der Waals surface area contributed by atoms with Gasteiger partial charge in [0.25, 0.3) is 5.91 Å². The third-order valence-corrected chi connectivity index (χ3v) is 3.63. The lowest BCUT2D eigenvalue weighted by Gasteiger charge is -2.04. The molecule has 0 fully saturated rings. The molecule has 0 aliphatic carbocycles. The largest absolute Gasteiger partial charge is 0.319 e. The first-order chi connectivity index (χ1) is 9.72. The van der Waals surface area contributed by atoms with E-state index in [0.29, 0.717) is 16.5 Å². The number of imidazole rings is 1. The van der Waals surface area contributed by atoms with Gasteiger partial charge in [0.1, 0.15) is 6.33 Å². The van der Waals surface area contributed by atoms with Crippen LogP contribution in [0.15, 0.2) is 42.6 Å². The van der Waals surface area contributed by atoms with Crippen LogP contribution in [0.1, 0.15) is 15.2 Å². The van der Waals surface area contributed by atoms with Crippen LogP contribution in [0.2, 0.25) is 0 Å². The summed E-state index contributed by atoms with van der Waals surface area (Å²) in [5.74, 6) is 0.356. The van der Waals surface area contributed by atoms with Crippen molar-refractivity contribution in [2.75, 3.05) is 5.32 Å². The highest BCUT2D eigenvalue weighted by Crippen LogP contribution is 2.15. The van der Waals surface area contributed by atoms with E-state index in [2.05, 4.69) is 20.3 Å². The molecule has 7 heteroatoms. The SMILES string of the molecule is Cc1csc(C(=O)Nc2cnc(-n3ccnc3)nc2)c1. The zero-order valence-electron chi connectivity index (χ0n) is 10.6. The predicted octanol–water partition coefficient (Wildman–Crippen LogP) is 2.28. The lowest BCUT2D eigenvalue weighted by Crippen LogP contribution is -2.11. The Labute approximate surface area is 119 Å². The number of aryl methyl sites for hydroxylation is 1. The molecule has 0 saturated carbocycles. The first kappa shape index (κ1) is 12.5. The van der Waals surface area contributed by atoms with Gasteiger partial charge in [0.05, 0.1) is 23.0 Å². The van der Waals surface area contributed by atoms with Gasteiger partial charge in [-0.05, 0) is 23.9 Å². The zero-order valence-corrected chi connectivity index (χ0v) is 11.5. The summed E-state index contributed by atoms with van der Waals surface area (Å²) in [5.41, 5.74) is 1.64. The monoisotopic (exact) mass is 285 g/mol. The highest BCUT2D eigenvalue weighted by atomic mass is 32.1. The highest BCUT2D eigenvalue weighted by Gasteiger charge is 2.09. The Hall–Kier alpha value is -2.54. The lowest BCUT2D eigenvalue weighted by molar-refractivity contribution is 0.103. The number of hydrogen-bond donors (Lipinski definition) is 1. The lowest BCUT2D eigenvalue weighted by atomic mass is 10.3. The molecule has 0 saturated heterocycles. The minimum atomic E-state index is -0.151. The second-order valence-corrected chi connectivity index (χ2v) is 5.10. The number of anilines is 1. The molecule has 3 aromatic heterocycles. The van der Waals surface area contributed by atoms with Crippen LogP contribution < -0.4 is 5.32 Å². The predicted molar refractivity (Wildman–Crippen MR) is 76.2 cm³/mol. The fraction of sp³-hybridized carbons (Fsp3) is 0.0769. The van der Waals surface area contributed by atoms with Crippen LogP contribution in [0.25, 0.3) is 5.95 Å². The van der Waals surface area contributed by atoms with Gasteiger partial charge in [-0.2, -0.15) is 0 Å². The van der Waals surface area contributed by atoms with E-state index in [0.717, 1.165) is 5.56 Å². The molecular formula is C13H11N5OS. The van der Waals surface area contributed by atoms with Gasteiger partial charge in [-0.15, -0.1) is 11.3 Å². The van der Waals surface area contributed by atoms with Crippen molar-refractivity contribution in [2.45, 2.75) is 6.92 Å². The molecule has 20 heavy (non-hydrogen) atoms. The van der Waals surface area contributed by atoms with Gasteiger partial charge in [-0.25, -0.2) is 15.0 Å². The second kappa shape index (κ2) is 5.22. The van der Waals surface area contributed by atoms with E-state index < -0.39 is 0 Å². The van der Waals surface area contributed by atoms with E-state index in [-0.39, 0.29) is 5.91 Å². The molecule has 0 aromatic carbocycles. The van der Waals surface area contributed by atoms with Crippen LogP contribution in [0, 0.1) is 6.92 Å². The molecule has 1 N–H and O–H groups in total. The van der Waals surface area contributed by atoms with Crippen molar-refractivity contribution < 1.29 is 4.79 Å². The summed E-state index contributed by atoms with van der Waals surface area (Å²) in [6.07, 6.45) is 8.16. The van der Waals surface area contributed by atoms with E-state index in [1.54, 1.807) is 35.7 Å². The van der Waals surface area contributed by atoms with E-state index in [4.69, 9.17) is 0 Å². The molecule has 0 aliphatic rings. The molecule has 3 rings (SSSR count). The molecular weight excluding hydrogens is 274 g/mol. The number of carbonyl (C=O) groups excluding carboxylic acids is 1. The Morgan fingerprint density at radius 3 is 2.75 bits per heavy atom. The number of thiophene rings is 1. The van der Waals surface area contributed by atoms with Gasteiger partial charge in [-0.3, -0.25) is 9.36 Å². The highest BCUT2D eigenvalue weighted by molar-refractivity contribution is 7.12. The van der Waals surface area contributed by atoms with Crippen molar-refractivity contribution in [3.8, 4) is 5.95 Å². The van der Waals surface area contributed by atoms with Crippen molar-refractivity contribution in [3.05, 3.63) is 53.0 Å². The summed E-state index contributed by atoms with van der Waals surface area (Å²) < 4.78 is 1.69. The first-order valence-corrected chi connectivity index (χ1v) is 6.77.